The van der Waals surface area contributed by atoms with Gasteiger partial charge in [0, 0.05) is 23.7 Å². The van der Waals surface area contributed by atoms with Gasteiger partial charge in [0.2, 0.25) is 0 Å². The van der Waals surface area contributed by atoms with Crippen molar-refractivity contribution in [2.75, 3.05) is 0 Å². The zero-order chi connectivity index (χ0) is 11.8. The number of nitrogens with zero attached hydrogens (tertiary/aromatic N) is 3. The molecule has 0 saturated carbocycles. The molecule has 1 aliphatic heterocycles. The summed E-state index contributed by atoms with van der Waals surface area (Å²) in [5.41, 5.74) is 2.77. The molecule has 0 bridgehead atoms. The Morgan fingerprint density at radius 1 is 1.44 bits per heavy atom. The Bertz CT molecular complexity index is 475. The number of pyridine rings is 1. The predicted octanol–water partition coefficient (Wildman–Crippen LogP) is 3.21. The minimum Gasteiger partial charge on any atom is -0.258 e. The third-order valence-electron chi connectivity index (χ3n) is 2.82. The van der Waals surface area contributed by atoms with Gasteiger partial charge in [-0.2, -0.15) is 5.26 Å². The van der Waals surface area contributed by atoms with Crippen LogP contribution in [0.25, 0.3) is 0 Å². The van der Waals surface area contributed by atoms with Crippen LogP contribution >= 0.6 is 0 Å². The number of hydrogen-bond acceptors (Lipinski definition) is 3. The molecule has 16 heavy (non-hydrogen) atoms. The van der Waals surface area contributed by atoms with Crippen LogP contribution in [-0.4, -0.2) is 10.7 Å². The van der Waals surface area contributed by atoms with E-state index < -0.39 is 0 Å². The molecule has 1 aromatic heterocycles. The number of aliphatic imine (C=N–C) groups is 1. The first-order chi connectivity index (χ1) is 7.52. The number of rotatable bonds is 0. The lowest BCUT2D eigenvalue weighted by Crippen LogP contribution is -2.25. The van der Waals surface area contributed by atoms with E-state index in [1.54, 1.807) is 6.20 Å². The molecule has 3 heteroatoms. The monoisotopic (exact) mass is 213 g/mol. The highest BCUT2D eigenvalue weighted by molar-refractivity contribution is 5.94. The van der Waals surface area contributed by atoms with E-state index in [-0.39, 0.29) is 11.3 Å². The standard InChI is InChI=1S/C13H15N3/c1-13(2,3)11-7-9(8-14)12-10(16-11)5-4-6-15-12/h4-6,9H,7H2,1-3H3. The van der Waals surface area contributed by atoms with Crippen molar-refractivity contribution in [3.05, 3.63) is 24.0 Å². The van der Waals surface area contributed by atoms with Crippen LogP contribution in [0, 0.1) is 16.7 Å². The van der Waals surface area contributed by atoms with Crippen LogP contribution in [0.1, 0.15) is 38.8 Å². The summed E-state index contributed by atoms with van der Waals surface area (Å²) in [7, 11) is 0. The second-order valence-electron chi connectivity index (χ2n) is 5.10. The van der Waals surface area contributed by atoms with Gasteiger partial charge in [-0.05, 0) is 12.1 Å². The number of nitriles is 1. The summed E-state index contributed by atoms with van der Waals surface area (Å²) in [4.78, 5) is 8.88. The quantitative estimate of drug-likeness (QED) is 0.664. The maximum absolute atomic E-state index is 9.18. The minimum absolute atomic E-state index is 0.0165. The topological polar surface area (TPSA) is 49.0 Å². The molecule has 0 N–H and O–H groups in total. The van der Waals surface area contributed by atoms with Gasteiger partial charge >= 0.3 is 0 Å². The van der Waals surface area contributed by atoms with Crippen LogP contribution in [-0.2, 0) is 0 Å². The summed E-state index contributed by atoms with van der Waals surface area (Å²) in [5.74, 6) is -0.150. The molecule has 2 heterocycles. The lowest BCUT2D eigenvalue weighted by Gasteiger charge is -2.27. The largest absolute Gasteiger partial charge is 0.258 e. The maximum atomic E-state index is 9.18. The Balaban J connectivity index is 2.52. The van der Waals surface area contributed by atoms with E-state index >= 15 is 0 Å². The van der Waals surface area contributed by atoms with Gasteiger partial charge in [0.05, 0.1) is 23.4 Å². The SMILES string of the molecule is CC(C)(C)C1=Nc2cccnc2C(C#N)C1. The number of aromatic nitrogens is 1. The van der Waals surface area contributed by atoms with Crippen molar-refractivity contribution in [2.24, 2.45) is 10.4 Å². The summed E-state index contributed by atoms with van der Waals surface area (Å²) < 4.78 is 0. The summed E-state index contributed by atoms with van der Waals surface area (Å²) in [6.45, 7) is 6.38. The highest BCUT2D eigenvalue weighted by Crippen LogP contribution is 2.36. The molecular formula is C13H15N3. The highest BCUT2D eigenvalue weighted by atomic mass is 14.8. The minimum atomic E-state index is -0.150. The second kappa shape index (κ2) is 3.71. The predicted molar refractivity (Wildman–Crippen MR) is 63.8 cm³/mol. The van der Waals surface area contributed by atoms with Crippen LogP contribution < -0.4 is 0 Å². The second-order valence-corrected chi connectivity index (χ2v) is 5.10. The first-order valence-electron chi connectivity index (χ1n) is 5.45. The molecule has 0 aliphatic carbocycles. The maximum Gasteiger partial charge on any atom is 0.0958 e. The molecule has 0 amide bonds. The van der Waals surface area contributed by atoms with E-state index in [9.17, 15) is 5.26 Å². The Kier molecular flexibility index (Phi) is 2.51. The van der Waals surface area contributed by atoms with Crippen LogP contribution in [0.3, 0.4) is 0 Å². The van der Waals surface area contributed by atoms with Gasteiger partial charge in [0.15, 0.2) is 0 Å². The molecule has 1 aliphatic rings. The van der Waals surface area contributed by atoms with Crippen molar-refractivity contribution in [2.45, 2.75) is 33.1 Å². The van der Waals surface area contributed by atoms with Gasteiger partial charge in [-0.25, -0.2) is 0 Å². The smallest absolute Gasteiger partial charge is 0.0958 e. The van der Waals surface area contributed by atoms with Crippen molar-refractivity contribution in [3.63, 3.8) is 0 Å². The zero-order valence-corrected chi connectivity index (χ0v) is 9.86. The average molecular weight is 213 g/mol. The van der Waals surface area contributed by atoms with E-state index in [0.717, 1.165) is 17.1 Å². The normalized spacial score (nSPS) is 19.6. The summed E-state index contributed by atoms with van der Waals surface area (Å²) in [6.07, 6.45) is 2.42. The van der Waals surface area contributed by atoms with Crippen molar-refractivity contribution in [1.82, 2.24) is 4.98 Å². The molecule has 3 nitrogen and oxygen atoms in total. The van der Waals surface area contributed by atoms with Gasteiger partial charge in [-0.15, -0.1) is 0 Å². The third kappa shape index (κ3) is 1.83. The van der Waals surface area contributed by atoms with Gasteiger partial charge < -0.3 is 0 Å². The number of fused-ring (bicyclic) bond motifs is 1. The van der Waals surface area contributed by atoms with Gasteiger partial charge in [-0.3, -0.25) is 9.98 Å². The Morgan fingerprint density at radius 3 is 2.81 bits per heavy atom. The lowest BCUT2D eigenvalue weighted by molar-refractivity contribution is 0.567. The van der Waals surface area contributed by atoms with Gasteiger partial charge in [-0.1, -0.05) is 20.8 Å². The van der Waals surface area contributed by atoms with E-state index in [1.165, 1.54) is 0 Å². The molecule has 0 spiro atoms. The van der Waals surface area contributed by atoms with Crippen LogP contribution in [0.4, 0.5) is 5.69 Å². The van der Waals surface area contributed by atoms with E-state index in [0.29, 0.717) is 6.42 Å². The summed E-state index contributed by atoms with van der Waals surface area (Å²) in [5, 5.41) is 9.18. The number of hydrogen-bond donors (Lipinski definition) is 0. The summed E-state index contributed by atoms with van der Waals surface area (Å²) >= 11 is 0. The van der Waals surface area contributed by atoms with Gasteiger partial charge in [0.1, 0.15) is 0 Å². The molecule has 0 fully saturated rings. The average Bonchev–Trinajstić information content (AvgIpc) is 2.26. The Morgan fingerprint density at radius 2 is 2.19 bits per heavy atom. The van der Waals surface area contributed by atoms with Crippen molar-refractivity contribution >= 4 is 11.4 Å². The van der Waals surface area contributed by atoms with Crippen molar-refractivity contribution in [1.29, 1.82) is 5.26 Å². The first-order valence-corrected chi connectivity index (χ1v) is 5.45. The molecule has 1 atom stereocenters. The fraction of sp³-hybridized carbons (Fsp3) is 0.462. The molecule has 0 radical (unpaired) electrons. The van der Waals surface area contributed by atoms with Crippen LogP contribution in [0.15, 0.2) is 23.3 Å². The van der Waals surface area contributed by atoms with Crippen LogP contribution in [0.2, 0.25) is 0 Å². The molecule has 0 aromatic carbocycles. The molecule has 0 saturated heterocycles. The highest BCUT2D eigenvalue weighted by Gasteiger charge is 2.29. The summed E-state index contributed by atoms with van der Waals surface area (Å²) in [6, 6.07) is 6.11. The molecule has 82 valence electrons. The van der Waals surface area contributed by atoms with E-state index in [4.69, 9.17) is 0 Å². The molecule has 2 rings (SSSR count). The first kappa shape index (κ1) is 10.8. The zero-order valence-electron chi connectivity index (χ0n) is 9.86. The molecule has 1 aromatic rings. The molecular weight excluding hydrogens is 198 g/mol. The lowest BCUT2D eigenvalue weighted by atomic mass is 9.81. The fourth-order valence-electron chi connectivity index (χ4n) is 1.83. The van der Waals surface area contributed by atoms with Crippen molar-refractivity contribution < 1.29 is 0 Å². The Hall–Kier alpha value is -1.69. The van der Waals surface area contributed by atoms with E-state index in [2.05, 4.69) is 36.8 Å². The van der Waals surface area contributed by atoms with Crippen molar-refractivity contribution in [3.8, 4) is 6.07 Å². The fourth-order valence-corrected chi connectivity index (χ4v) is 1.83. The van der Waals surface area contributed by atoms with Gasteiger partial charge in [0.25, 0.3) is 0 Å². The molecule has 1 unspecified atom stereocenters. The van der Waals surface area contributed by atoms with Crippen LogP contribution in [0.5, 0.6) is 0 Å². The van der Waals surface area contributed by atoms with E-state index in [1.807, 2.05) is 12.1 Å². The Labute approximate surface area is 95.9 Å². The third-order valence-corrected chi connectivity index (χ3v) is 2.82.